The van der Waals surface area contributed by atoms with Crippen molar-refractivity contribution in [3.63, 3.8) is 0 Å². The van der Waals surface area contributed by atoms with Gasteiger partial charge in [0.15, 0.2) is 0 Å². The fourth-order valence-corrected chi connectivity index (χ4v) is 3.01. The SMILES string of the molecule is CC(C)CCC(NC(=O)N1C[C@@H](C(F)(F)F)[C@H](C(=O)O)C1)C(C)(C)C. The summed E-state index contributed by atoms with van der Waals surface area (Å²) in [7, 11) is 0. The minimum Gasteiger partial charge on any atom is -0.481 e. The number of carboxylic acids is 1. The lowest BCUT2D eigenvalue weighted by atomic mass is 9.83. The van der Waals surface area contributed by atoms with Gasteiger partial charge in [-0.2, -0.15) is 13.2 Å². The van der Waals surface area contributed by atoms with Crippen molar-refractivity contribution in [2.45, 2.75) is 59.7 Å². The van der Waals surface area contributed by atoms with Crippen LogP contribution in [0.15, 0.2) is 0 Å². The summed E-state index contributed by atoms with van der Waals surface area (Å²) in [5.74, 6) is -4.72. The number of carbonyl (C=O) groups is 2. The number of amides is 2. The standard InChI is InChI=1S/C17H29F3N2O3/c1-10(2)6-7-13(16(3,4)5)21-15(25)22-8-11(14(23)24)12(9-22)17(18,19)20/h10-13H,6-9H2,1-5H3,(H,21,25)(H,23,24)/t11-,12-,13?/m1/s1. The Morgan fingerprint density at radius 2 is 1.72 bits per heavy atom. The van der Waals surface area contributed by atoms with Gasteiger partial charge >= 0.3 is 18.2 Å². The summed E-state index contributed by atoms with van der Waals surface area (Å²) in [6.07, 6.45) is -3.05. The quantitative estimate of drug-likeness (QED) is 0.779. The van der Waals surface area contributed by atoms with Crippen LogP contribution < -0.4 is 5.32 Å². The molecule has 146 valence electrons. The minimum absolute atomic E-state index is 0.199. The number of likely N-dealkylation sites (tertiary alicyclic amines) is 1. The molecule has 5 nitrogen and oxygen atoms in total. The second-order valence-electron chi connectivity index (χ2n) is 8.34. The smallest absolute Gasteiger partial charge is 0.394 e. The average molecular weight is 366 g/mol. The van der Waals surface area contributed by atoms with Gasteiger partial charge in [-0.1, -0.05) is 34.6 Å². The molecule has 0 spiro atoms. The van der Waals surface area contributed by atoms with Crippen LogP contribution in [0.3, 0.4) is 0 Å². The zero-order valence-corrected chi connectivity index (χ0v) is 15.5. The number of nitrogens with zero attached hydrogens (tertiary/aromatic N) is 1. The maximum atomic E-state index is 13.0. The van der Waals surface area contributed by atoms with Crippen LogP contribution in [-0.4, -0.2) is 47.3 Å². The summed E-state index contributed by atoms with van der Waals surface area (Å²) in [6.45, 7) is 8.96. The van der Waals surface area contributed by atoms with E-state index in [1.807, 2.05) is 20.8 Å². The highest BCUT2D eigenvalue weighted by molar-refractivity contribution is 5.78. The number of hydrogen-bond donors (Lipinski definition) is 2. The Morgan fingerprint density at radius 3 is 2.08 bits per heavy atom. The third-order valence-electron chi connectivity index (χ3n) is 4.72. The molecule has 0 aromatic carbocycles. The van der Waals surface area contributed by atoms with Gasteiger partial charge in [-0.05, 0) is 24.2 Å². The lowest BCUT2D eigenvalue weighted by Crippen LogP contribution is -2.49. The Balaban J connectivity index is 2.82. The van der Waals surface area contributed by atoms with E-state index in [1.54, 1.807) is 0 Å². The zero-order chi connectivity index (χ0) is 19.6. The Bertz CT molecular complexity index is 487. The summed E-state index contributed by atoms with van der Waals surface area (Å²) in [4.78, 5) is 24.5. The molecule has 0 aromatic rings. The number of alkyl halides is 3. The Labute approximate surface area is 146 Å². The number of urea groups is 1. The molecule has 0 radical (unpaired) electrons. The van der Waals surface area contributed by atoms with Gasteiger partial charge in [-0.15, -0.1) is 0 Å². The first kappa shape index (κ1) is 21.6. The maximum Gasteiger partial charge on any atom is 0.394 e. The fourth-order valence-electron chi connectivity index (χ4n) is 3.01. The van der Waals surface area contributed by atoms with Crippen molar-refractivity contribution in [1.82, 2.24) is 10.2 Å². The van der Waals surface area contributed by atoms with E-state index in [-0.39, 0.29) is 11.5 Å². The highest BCUT2D eigenvalue weighted by Crippen LogP contribution is 2.38. The van der Waals surface area contributed by atoms with Gasteiger partial charge in [0.1, 0.15) is 0 Å². The molecular formula is C17H29F3N2O3. The van der Waals surface area contributed by atoms with E-state index < -0.39 is 43.1 Å². The molecule has 2 amide bonds. The summed E-state index contributed by atoms with van der Waals surface area (Å²) in [5, 5.41) is 11.9. The van der Waals surface area contributed by atoms with Gasteiger partial charge in [0.05, 0.1) is 11.8 Å². The normalized spacial score (nSPS) is 23.0. The zero-order valence-electron chi connectivity index (χ0n) is 15.5. The predicted molar refractivity (Wildman–Crippen MR) is 88.1 cm³/mol. The highest BCUT2D eigenvalue weighted by Gasteiger charge is 2.53. The van der Waals surface area contributed by atoms with Crippen LogP contribution in [-0.2, 0) is 4.79 Å². The van der Waals surface area contributed by atoms with Gasteiger partial charge in [-0.25, -0.2) is 4.79 Å². The van der Waals surface area contributed by atoms with Gasteiger partial charge in [0.25, 0.3) is 0 Å². The molecule has 1 aliphatic rings. The topological polar surface area (TPSA) is 69.6 Å². The molecule has 1 fully saturated rings. The molecule has 0 bridgehead atoms. The van der Waals surface area contributed by atoms with Crippen molar-refractivity contribution < 1.29 is 27.9 Å². The Kier molecular flexibility index (Phi) is 6.75. The Morgan fingerprint density at radius 1 is 1.16 bits per heavy atom. The molecule has 1 saturated heterocycles. The van der Waals surface area contributed by atoms with Crippen LogP contribution in [0, 0.1) is 23.2 Å². The second kappa shape index (κ2) is 7.83. The number of aliphatic carboxylic acids is 1. The lowest BCUT2D eigenvalue weighted by Gasteiger charge is -2.33. The fraction of sp³-hybridized carbons (Fsp3) is 0.882. The molecule has 25 heavy (non-hydrogen) atoms. The summed E-state index contributed by atoms with van der Waals surface area (Å²) < 4.78 is 39.1. The van der Waals surface area contributed by atoms with Crippen LogP contribution in [0.1, 0.15) is 47.5 Å². The molecular weight excluding hydrogens is 337 g/mol. The number of hydrogen-bond acceptors (Lipinski definition) is 2. The van der Waals surface area contributed by atoms with Crippen molar-refractivity contribution >= 4 is 12.0 Å². The molecule has 8 heteroatoms. The molecule has 2 N–H and O–H groups in total. The number of carbonyl (C=O) groups excluding carboxylic acids is 1. The molecule has 0 saturated carbocycles. The molecule has 1 unspecified atom stereocenters. The van der Waals surface area contributed by atoms with E-state index in [4.69, 9.17) is 5.11 Å². The van der Waals surface area contributed by atoms with Gasteiger partial charge in [-0.3, -0.25) is 4.79 Å². The molecule has 0 aromatic heterocycles. The van der Waals surface area contributed by atoms with Crippen molar-refractivity contribution in [1.29, 1.82) is 0 Å². The first-order valence-electron chi connectivity index (χ1n) is 8.58. The predicted octanol–water partition coefficient (Wildman–Crippen LogP) is 3.74. The van der Waals surface area contributed by atoms with Crippen LogP contribution in [0.4, 0.5) is 18.0 Å². The molecule has 1 rings (SSSR count). The minimum atomic E-state index is -4.64. The summed E-state index contributed by atoms with van der Waals surface area (Å²) in [6, 6.07) is -0.822. The van der Waals surface area contributed by atoms with E-state index in [9.17, 15) is 22.8 Å². The van der Waals surface area contributed by atoms with Crippen LogP contribution in [0.5, 0.6) is 0 Å². The molecule has 1 aliphatic heterocycles. The largest absolute Gasteiger partial charge is 0.481 e. The van der Waals surface area contributed by atoms with Crippen LogP contribution in [0.25, 0.3) is 0 Å². The van der Waals surface area contributed by atoms with E-state index in [1.165, 1.54) is 0 Å². The van der Waals surface area contributed by atoms with Gasteiger partial charge in [0.2, 0.25) is 0 Å². The summed E-state index contributed by atoms with van der Waals surface area (Å²) >= 11 is 0. The summed E-state index contributed by atoms with van der Waals surface area (Å²) in [5.41, 5.74) is -0.250. The van der Waals surface area contributed by atoms with E-state index >= 15 is 0 Å². The van der Waals surface area contributed by atoms with E-state index in [0.717, 1.165) is 11.3 Å². The van der Waals surface area contributed by atoms with E-state index in [2.05, 4.69) is 19.2 Å². The van der Waals surface area contributed by atoms with Crippen molar-refractivity contribution in [3.8, 4) is 0 Å². The molecule has 1 heterocycles. The van der Waals surface area contributed by atoms with Crippen molar-refractivity contribution in [2.75, 3.05) is 13.1 Å². The van der Waals surface area contributed by atoms with E-state index in [0.29, 0.717) is 12.3 Å². The third-order valence-corrected chi connectivity index (χ3v) is 4.72. The van der Waals surface area contributed by atoms with Crippen LogP contribution >= 0.6 is 0 Å². The van der Waals surface area contributed by atoms with Gasteiger partial charge < -0.3 is 15.3 Å². The number of halogens is 3. The second-order valence-corrected chi connectivity index (χ2v) is 8.34. The first-order chi connectivity index (χ1) is 11.2. The first-order valence-corrected chi connectivity index (χ1v) is 8.58. The lowest BCUT2D eigenvalue weighted by molar-refractivity contribution is -0.187. The van der Waals surface area contributed by atoms with Gasteiger partial charge in [0, 0.05) is 19.1 Å². The average Bonchev–Trinajstić information content (AvgIpc) is 2.87. The maximum absolute atomic E-state index is 13.0. The molecule has 3 atom stereocenters. The molecule has 0 aliphatic carbocycles. The number of rotatable bonds is 5. The number of carboxylic acid groups (broad SMARTS) is 1. The van der Waals surface area contributed by atoms with Crippen molar-refractivity contribution in [2.24, 2.45) is 23.2 Å². The Hall–Kier alpha value is -1.47. The monoisotopic (exact) mass is 366 g/mol. The van der Waals surface area contributed by atoms with Crippen LogP contribution in [0.2, 0.25) is 0 Å². The third kappa shape index (κ3) is 6.08. The van der Waals surface area contributed by atoms with Crippen molar-refractivity contribution in [3.05, 3.63) is 0 Å². The number of nitrogens with one attached hydrogen (secondary N) is 1. The highest BCUT2D eigenvalue weighted by atomic mass is 19.4.